The fourth-order valence-corrected chi connectivity index (χ4v) is 6.20. The molecule has 0 radical (unpaired) electrons. The van der Waals surface area contributed by atoms with Crippen LogP contribution in [-0.4, -0.2) is 54.5 Å². The molecule has 0 aliphatic carbocycles. The molecule has 0 bridgehead atoms. The molecule has 30 heavy (non-hydrogen) atoms. The smallest absolute Gasteiger partial charge is 0.254 e. The second kappa shape index (κ2) is 9.66. The molecule has 2 heterocycles. The molecule has 1 fully saturated rings. The van der Waals surface area contributed by atoms with Gasteiger partial charge in [-0.3, -0.25) is 9.59 Å². The van der Waals surface area contributed by atoms with E-state index in [2.05, 4.69) is 5.32 Å². The topological polar surface area (TPSA) is 67.9 Å². The fourth-order valence-electron chi connectivity index (χ4n) is 3.34. The van der Waals surface area contributed by atoms with E-state index >= 15 is 0 Å². The number of thioether (sulfide) groups is 2. The highest BCUT2D eigenvalue weighted by atomic mass is 32.2. The van der Waals surface area contributed by atoms with Gasteiger partial charge in [-0.1, -0.05) is 12.1 Å². The Morgan fingerprint density at radius 1 is 1.03 bits per heavy atom. The highest BCUT2D eigenvalue weighted by Crippen LogP contribution is 2.45. The molecule has 0 atom stereocenters. The summed E-state index contributed by atoms with van der Waals surface area (Å²) in [5.41, 5.74) is 2.45. The molecule has 2 aliphatic heterocycles. The van der Waals surface area contributed by atoms with Crippen LogP contribution < -0.4 is 14.8 Å². The molecule has 1 saturated heterocycles. The van der Waals surface area contributed by atoms with Gasteiger partial charge in [0.15, 0.2) is 11.5 Å². The summed E-state index contributed by atoms with van der Waals surface area (Å²) >= 11 is 3.87. The maximum Gasteiger partial charge on any atom is 0.254 e. The highest BCUT2D eigenvalue weighted by Gasteiger charge is 2.21. The molecule has 2 aliphatic rings. The minimum absolute atomic E-state index is 0.0140. The predicted molar refractivity (Wildman–Crippen MR) is 122 cm³/mol. The van der Waals surface area contributed by atoms with Crippen molar-refractivity contribution >= 4 is 41.0 Å². The van der Waals surface area contributed by atoms with Crippen LogP contribution in [0.3, 0.4) is 0 Å². The molecule has 0 aromatic heterocycles. The molecule has 158 valence electrons. The van der Waals surface area contributed by atoms with Crippen LogP contribution >= 0.6 is 23.5 Å². The monoisotopic (exact) mass is 444 g/mol. The van der Waals surface area contributed by atoms with Crippen molar-refractivity contribution in [2.45, 2.75) is 11.5 Å². The first kappa shape index (κ1) is 20.9. The Bertz CT molecular complexity index is 914. The van der Waals surface area contributed by atoms with Crippen LogP contribution in [0.1, 0.15) is 27.4 Å². The summed E-state index contributed by atoms with van der Waals surface area (Å²) in [5, 5.41) is 2.84. The van der Waals surface area contributed by atoms with Crippen molar-refractivity contribution in [3.05, 3.63) is 53.6 Å². The molecule has 4 rings (SSSR count). The Balaban J connectivity index is 1.37. The zero-order chi connectivity index (χ0) is 20.9. The Hall–Kier alpha value is -2.32. The SMILES string of the molecule is CCN(CC(=O)Nc1ccc2c(c1)OCCO2)C(=O)c1ccc(C2SCCS2)cc1. The summed E-state index contributed by atoms with van der Waals surface area (Å²) in [6, 6.07) is 13.0. The van der Waals surface area contributed by atoms with Crippen molar-refractivity contribution in [3.63, 3.8) is 0 Å². The molecule has 0 spiro atoms. The van der Waals surface area contributed by atoms with Gasteiger partial charge in [0.25, 0.3) is 5.91 Å². The first-order chi connectivity index (χ1) is 14.6. The number of likely N-dealkylation sites (N-methyl/N-ethyl adjacent to an activating group) is 1. The van der Waals surface area contributed by atoms with Gasteiger partial charge in [-0.15, -0.1) is 23.5 Å². The number of benzene rings is 2. The summed E-state index contributed by atoms with van der Waals surface area (Å²) in [4.78, 5) is 27.0. The fraction of sp³-hybridized carbons (Fsp3) is 0.364. The van der Waals surface area contributed by atoms with Crippen molar-refractivity contribution < 1.29 is 19.1 Å². The number of rotatable bonds is 6. The second-order valence-corrected chi connectivity index (χ2v) is 9.65. The van der Waals surface area contributed by atoms with E-state index in [-0.39, 0.29) is 18.4 Å². The van der Waals surface area contributed by atoms with Crippen LogP contribution in [0.15, 0.2) is 42.5 Å². The van der Waals surface area contributed by atoms with Crippen LogP contribution in [0.5, 0.6) is 11.5 Å². The van der Waals surface area contributed by atoms with Gasteiger partial charge in [0.05, 0.1) is 4.58 Å². The van der Waals surface area contributed by atoms with Crippen molar-refractivity contribution in [2.75, 3.05) is 43.1 Å². The largest absolute Gasteiger partial charge is 0.486 e. The van der Waals surface area contributed by atoms with Gasteiger partial charge in [-0.05, 0) is 36.8 Å². The number of ether oxygens (including phenoxy) is 2. The van der Waals surface area contributed by atoms with E-state index in [1.165, 1.54) is 5.56 Å². The van der Waals surface area contributed by atoms with E-state index in [9.17, 15) is 9.59 Å². The lowest BCUT2D eigenvalue weighted by molar-refractivity contribution is -0.116. The normalized spacial score (nSPS) is 15.6. The first-order valence-corrected chi connectivity index (χ1v) is 12.1. The van der Waals surface area contributed by atoms with Crippen LogP contribution in [0.4, 0.5) is 5.69 Å². The summed E-state index contributed by atoms with van der Waals surface area (Å²) < 4.78 is 11.5. The Labute approximate surface area is 184 Å². The third-order valence-electron chi connectivity index (χ3n) is 4.88. The zero-order valence-electron chi connectivity index (χ0n) is 16.8. The van der Waals surface area contributed by atoms with Crippen LogP contribution in [0.2, 0.25) is 0 Å². The Morgan fingerprint density at radius 3 is 2.43 bits per heavy atom. The molecule has 0 saturated carbocycles. The molecule has 8 heteroatoms. The van der Waals surface area contributed by atoms with Gasteiger partial charge in [-0.25, -0.2) is 0 Å². The van der Waals surface area contributed by atoms with E-state index < -0.39 is 0 Å². The number of anilines is 1. The van der Waals surface area contributed by atoms with Crippen molar-refractivity contribution in [2.24, 2.45) is 0 Å². The first-order valence-electron chi connectivity index (χ1n) is 9.96. The number of amides is 2. The highest BCUT2D eigenvalue weighted by molar-refractivity contribution is 8.19. The average molecular weight is 445 g/mol. The van der Waals surface area contributed by atoms with Gasteiger partial charge in [0.1, 0.15) is 19.8 Å². The van der Waals surface area contributed by atoms with Gasteiger partial charge >= 0.3 is 0 Å². The Morgan fingerprint density at radius 2 is 1.73 bits per heavy atom. The minimum atomic E-state index is -0.253. The lowest BCUT2D eigenvalue weighted by Crippen LogP contribution is -2.37. The molecule has 2 aromatic rings. The number of hydrogen-bond acceptors (Lipinski definition) is 6. The van der Waals surface area contributed by atoms with Crippen LogP contribution in [-0.2, 0) is 4.79 Å². The van der Waals surface area contributed by atoms with E-state index in [4.69, 9.17) is 9.47 Å². The summed E-state index contributed by atoms with van der Waals surface area (Å²) in [7, 11) is 0. The number of carbonyl (C=O) groups excluding carboxylic acids is 2. The van der Waals surface area contributed by atoms with Crippen molar-refractivity contribution in [1.82, 2.24) is 4.90 Å². The molecule has 2 amide bonds. The summed E-state index contributed by atoms with van der Waals surface area (Å²) in [6.45, 7) is 3.31. The zero-order valence-corrected chi connectivity index (χ0v) is 18.4. The maximum absolute atomic E-state index is 12.9. The van der Waals surface area contributed by atoms with Gasteiger partial charge in [-0.2, -0.15) is 0 Å². The molecular formula is C22H24N2O4S2. The Kier molecular flexibility index (Phi) is 6.74. The van der Waals surface area contributed by atoms with E-state index in [1.54, 1.807) is 23.1 Å². The van der Waals surface area contributed by atoms with Crippen molar-refractivity contribution in [3.8, 4) is 11.5 Å². The number of nitrogens with zero attached hydrogens (tertiary/aromatic N) is 1. The average Bonchev–Trinajstić information content (AvgIpc) is 3.32. The molecule has 0 unspecified atom stereocenters. The minimum Gasteiger partial charge on any atom is -0.486 e. The predicted octanol–water partition coefficient (Wildman–Crippen LogP) is 4.04. The van der Waals surface area contributed by atoms with Gasteiger partial charge in [0, 0.05) is 35.4 Å². The number of nitrogens with one attached hydrogen (secondary N) is 1. The number of fused-ring (bicyclic) bond motifs is 1. The van der Waals surface area contributed by atoms with Gasteiger partial charge in [0.2, 0.25) is 5.91 Å². The standard InChI is InChI=1S/C22H24N2O4S2/c1-2-24(21(26)15-3-5-16(6-4-15)22-29-11-12-30-22)14-20(25)23-17-7-8-18-19(13-17)28-10-9-27-18/h3-8,13,22H,2,9-12,14H2,1H3,(H,23,25). The molecular weight excluding hydrogens is 420 g/mol. The molecule has 2 aromatic carbocycles. The number of carbonyl (C=O) groups is 2. The second-order valence-electron chi connectivity index (χ2n) is 6.92. The van der Waals surface area contributed by atoms with Crippen LogP contribution in [0.25, 0.3) is 0 Å². The van der Waals surface area contributed by atoms with E-state index in [0.29, 0.717) is 47.1 Å². The van der Waals surface area contributed by atoms with E-state index in [1.807, 2.05) is 54.7 Å². The lowest BCUT2D eigenvalue weighted by atomic mass is 10.1. The number of hydrogen-bond donors (Lipinski definition) is 1. The summed E-state index contributed by atoms with van der Waals surface area (Å²) in [6.07, 6.45) is 0. The quantitative estimate of drug-likeness (QED) is 0.725. The maximum atomic E-state index is 12.9. The van der Waals surface area contributed by atoms with Crippen molar-refractivity contribution in [1.29, 1.82) is 0 Å². The molecule has 1 N–H and O–H groups in total. The third-order valence-corrected chi connectivity index (χ3v) is 7.99. The van der Waals surface area contributed by atoms with Gasteiger partial charge < -0.3 is 19.7 Å². The lowest BCUT2D eigenvalue weighted by Gasteiger charge is -2.22. The van der Waals surface area contributed by atoms with E-state index in [0.717, 1.165) is 11.5 Å². The van der Waals surface area contributed by atoms with Crippen LogP contribution in [0, 0.1) is 0 Å². The summed E-state index contributed by atoms with van der Waals surface area (Å²) in [5.74, 6) is 3.21. The molecule has 6 nitrogen and oxygen atoms in total. The third kappa shape index (κ3) is 4.87.